The van der Waals surface area contributed by atoms with E-state index in [4.69, 9.17) is 9.47 Å². The molecule has 0 aromatic heterocycles. The Bertz CT molecular complexity index is 561. The average Bonchev–Trinajstić information content (AvgIpc) is 3.02. The first-order chi connectivity index (χ1) is 13.5. The van der Waals surface area contributed by atoms with Gasteiger partial charge >= 0.3 is 12.1 Å². The number of ether oxygens (including phenoxy) is 2. The maximum atomic E-state index is 12.8. The van der Waals surface area contributed by atoms with Gasteiger partial charge in [0.1, 0.15) is 11.6 Å². The number of carbonyl (C=O) groups excluding carboxylic acids is 3. The Morgan fingerprint density at radius 1 is 1.17 bits per heavy atom. The first kappa shape index (κ1) is 25.2. The van der Waals surface area contributed by atoms with Crippen molar-refractivity contribution in [2.24, 2.45) is 11.8 Å². The number of rotatable bonds is 10. The summed E-state index contributed by atoms with van der Waals surface area (Å²) in [5.74, 6) is -0.347. The van der Waals surface area contributed by atoms with E-state index in [-0.39, 0.29) is 29.8 Å². The van der Waals surface area contributed by atoms with E-state index >= 15 is 0 Å². The molecule has 0 radical (unpaired) electrons. The molecule has 0 aliphatic carbocycles. The van der Waals surface area contributed by atoms with E-state index in [1.54, 1.807) is 0 Å². The van der Waals surface area contributed by atoms with Crippen molar-refractivity contribution in [1.29, 1.82) is 0 Å². The lowest BCUT2D eigenvalue weighted by Gasteiger charge is -2.30. The van der Waals surface area contributed by atoms with Gasteiger partial charge in [0.15, 0.2) is 0 Å². The van der Waals surface area contributed by atoms with Gasteiger partial charge in [-0.15, -0.1) is 0 Å². The number of esters is 1. The Morgan fingerprint density at radius 2 is 1.79 bits per heavy atom. The normalized spacial score (nSPS) is 20.9. The monoisotopic (exact) mass is 413 g/mol. The van der Waals surface area contributed by atoms with Crippen molar-refractivity contribution in [3.05, 3.63) is 0 Å². The van der Waals surface area contributed by atoms with Gasteiger partial charge in [-0.2, -0.15) is 0 Å². The van der Waals surface area contributed by atoms with E-state index in [2.05, 4.69) is 29.8 Å². The van der Waals surface area contributed by atoms with Gasteiger partial charge < -0.3 is 25.4 Å². The molecule has 5 atom stereocenters. The zero-order valence-corrected chi connectivity index (χ0v) is 19.0. The van der Waals surface area contributed by atoms with Gasteiger partial charge in [-0.1, -0.05) is 40.5 Å². The van der Waals surface area contributed by atoms with Crippen LogP contribution in [-0.4, -0.2) is 54.8 Å². The highest BCUT2D eigenvalue weighted by Gasteiger charge is 2.33. The third-order valence-corrected chi connectivity index (χ3v) is 5.34. The van der Waals surface area contributed by atoms with Crippen LogP contribution in [0.4, 0.5) is 4.79 Å². The first-order valence-electron chi connectivity index (χ1n) is 10.7. The second-order valence-corrected chi connectivity index (χ2v) is 8.93. The van der Waals surface area contributed by atoms with Crippen molar-refractivity contribution in [2.45, 2.75) is 91.5 Å². The summed E-state index contributed by atoms with van der Waals surface area (Å²) in [6.45, 7) is 14.3. The summed E-state index contributed by atoms with van der Waals surface area (Å²) in [5, 5.41) is 9.03. The Labute approximate surface area is 174 Å². The minimum absolute atomic E-state index is 0.0616. The number of amides is 2. The molecule has 0 bridgehead atoms. The lowest BCUT2D eigenvalue weighted by molar-refractivity contribution is -0.141. The van der Waals surface area contributed by atoms with Crippen LogP contribution in [0.1, 0.15) is 67.7 Å². The molecule has 0 spiro atoms. The van der Waals surface area contributed by atoms with E-state index in [1.165, 1.54) is 0 Å². The van der Waals surface area contributed by atoms with E-state index in [0.29, 0.717) is 19.6 Å². The summed E-state index contributed by atoms with van der Waals surface area (Å²) in [7, 11) is 0. The summed E-state index contributed by atoms with van der Waals surface area (Å²) in [4.78, 5) is 36.7. The molecule has 8 heteroatoms. The minimum atomic E-state index is -0.582. The number of hydrogen-bond acceptors (Lipinski definition) is 6. The van der Waals surface area contributed by atoms with E-state index in [1.807, 2.05) is 34.6 Å². The highest BCUT2D eigenvalue weighted by atomic mass is 16.6. The van der Waals surface area contributed by atoms with Gasteiger partial charge in [-0.25, -0.2) is 9.59 Å². The molecule has 0 aromatic rings. The second-order valence-electron chi connectivity index (χ2n) is 8.93. The highest BCUT2D eigenvalue weighted by molar-refractivity contribution is 5.88. The molecule has 1 aliphatic rings. The van der Waals surface area contributed by atoms with Crippen LogP contribution < -0.4 is 16.0 Å². The molecule has 3 N–H and O–H groups in total. The molecule has 8 nitrogen and oxygen atoms in total. The molecule has 0 saturated carbocycles. The van der Waals surface area contributed by atoms with Gasteiger partial charge in [0.2, 0.25) is 5.91 Å². The third kappa shape index (κ3) is 8.60. The SMILES string of the molecule is CC[C@H](C)[C@H](NC[C@@H](NC(=O)OC(C)(C)C)[C@@H](C)CC)C(=O)N[C@H]1CCOC1=O. The van der Waals surface area contributed by atoms with Gasteiger partial charge in [0.05, 0.1) is 12.6 Å². The van der Waals surface area contributed by atoms with E-state index in [0.717, 1.165) is 12.8 Å². The summed E-state index contributed by atoms with van der Waals surface area (Å²) in [5.41, 5.74) is -0.577. The molecule has 168 valence electrons. The van der Waals surface area contributed by atoms with E-state index < -0.39 is 23.8 Å². The summed E-state index contributed by atoms with van der Waals surface area (Å²) < 4.78 is 10.3. The fourth-order valence-electron chi connectivity index (χ4n) is 3.07. The van der Waals surface area contributed by atoms with Gasteiger partial charge in [0, 0.05) is 19.0 Å². The fourth-order valence-corrected chi connectivity index (χ4v) is 3.07. The summed E-state index contributed by atoms with van der Waals surface area (Å²) >= 11 is 0. The number of hydrogen-bond donors (Lipinski definition) is 3. The maximum absolute atomic E-state index is 12.8. The van der Waals surface area contributed by atoms with Crippen molar-refractivity contribution in [3.8, 4) is 0 Å². The van der Waals surface area contributed by atoms with Gasteiger partial charge in [-0.05, 0) is 32.6 Å². The number of alkyl carbamates (subject to hydrolysis) is 1. The number of cyclic esters (lactones) is 1. The summed E-state index contributed by atoms with van der Waals surface area (Å²) in [6, 6.07) is -1.24. The zero-order valence-electron chi connectivity index (χ0n) is 19.0. The van der Waals surface area contributed by atoms with Crippen LogP contribution in [0.25, 0.3) is 0 Å². The third-order valence-electron chi connectivity index (χ3n) is 5.34. The molecular formula is C21H39N3O5. The first-order valence-corrected chi connectivity index (χ1v) is 10.7. The number of nitrogens with one attached hydrogen (secondary N) is 3. The van der Waals surface area contributed by atoms with Crippen LogP contribution in [0.3, 0.4) is 0 Å². The van der Waals surface area contributed by atoms with E-state index in [9.17, 15) is 14.4 Å². The topological polar surface area (TPSA) is 106 Å². The minimum Gasteiger partial charge on any atom is -0.464 e. The Kier molecular flexibility index (Phi) is 9.89. The second kappa shape index (κ2) is 11.4. The Morgan fingerprint density at radius 3 is 2.28 bits per heavy atom. The molecule has 29 heavy (non-hydrogen) atoms. The van der Waals surface area contributed by atoms with Gasteiger partial charge in [-0.3, -0.25) is 4.79 Å². The Hall–Kier alpha value is -1.83. The van der Waals surface area contributed by atoms with Crippen LogP contribution in [0.2, 0.25) is 0 Å². The fraction of sp³-hybridized carbons (Fsp3) is 0.857. The molecule has 2 amide bonds. The predicted molar refractivity (Wildman–Crippen MR) is 111 cm³/mol. The molecule has 1 fully saturated rings. The van der Waals surface area contributed by atoms with Crippen LogP contribution in [0, 0.1) is 11.8 Å². The molecule has 1 heterocycles. The van der Waals surface area contributed by atoms with Crippen molar-refractivity contribution in [2.75, 3.05) is 13.2 Å². The lowest BCUT2D eigenvalue weighted by atomic mass is 9.95. The standard InChI is InChI=1S/C21H39N3O5/c1-8-13(3)16(24-20(27)29-21(5,6)7)12-22-17(14(4)9-2)18(25)23-15-10-11-28-19(15)26/h13-17,22H,8-12H2,1-7H3,(H,23,25)(H,24,27)/t13-,14-,15-,16+,17-/m0/s1. The molecular weight excluding hydrogens is 374 g/mol. The van der Waals surface area contributed by atoms with Gasteiger partial charge in [0.25, 0.3) is 0 Å². The van der Waals surface area contributed by atoms with Crippen LogP contribution >= 0.6 is 0 Å². The van der Waals surface area contributed by atoms with Crippen LogP contribution in [0.15, 0.2) is 0 Å². The largest absolute Gasteiger partial charge is 0.464 e. The predicted octanol–water partition coefficient (Wildman–Crippen LogP) is 2.36. The molecule has 1 rings (SSSR count). The van der Waals surface area contributed by atoms with Crippen LogP contribution in [-0.2, 0) is 19.1 Å². The number of carbonyl (C=O) groups is 3. The maximum Gasteiger partial charge on any atom is 0.407 e. The average molecular weight is 414 g/mol. The summed E-state index contributed by atoms with van der Waals surface area (Å²) in [6.07, 6.45) is 1.69. The molecule has 0 aromatic carbocycles. The quantitative estimate of drug-likeness (QED) is 0.475. The van der Waals surface area contributed by atoms with Crippen LogP contribution in [0.5, 0.6) is 0 Å². The van der Waals surface area contributed by atoms with Crippen molar-refractivity contribution >= 4 is 18.0 Å². The zero-order chi connectivity index (χ0) is 22.2. The smallest absolute Gasteiger partial charge is 0.407 e. The van der Waals surface area contributed by atoms with Crippen molar-refractivity contribution in [3.63, 3.8) is 0 Å². The lowest BCUT2D eigenvalue weighted by Crippen LogP contribution is -2.56. The molecule has 0 unspecified atom stereocenters. The molecule has 1 saturated heterocycles. The molecule has 1 aliphatic heterocycles. The van der Waals surface area contributed by atoms with Crippen molar-refractivity contribution < 1.29 is 23.9 Å². The Balaban J connectivity index is 2.77. The highest BCUT2D eigenvalue weighted by Crippen LogP contribution is 2.14. The van der Waals surface area contributed by atoms with Crippen molar-refractivity contribution in [1.82, 2.24) is 16.0 Å².